The van der Waals surface area contributed by atoms with Gasteiger partial charge in [0.2, 0.25) is 5.91 Å². The lowest BCUT2D eigenvalue weighted by Crippen LogP contribution is -2.16. The van der Waals surface area contributed by atoms with E-state index in [2.05, 4.69) is 22.1 Å². The molecule has 36 heavy (non-hydrogen) atoms. The first-order valence-electron chi connectivity index (χ1n) is 11.0. The summed E-state index contributed by atoms with van der Waals surface area (Å²) in [7, 11) is 1.32. The van der Waals surface area contributed by atoms with E-state index < -0.39 is 5.97 Å². The number of thioether (sulfide) groups is 1. The number of nitrogens with one attached hydrogen (secondary N) is 1. The van der Waals surface area contributed by atoms with Gasteiger partial charge in [0.25, 0.3) is 0 Å². The molecule has 2 heterocycles. The zero-order valence-corrected chi connectivity index (χ0v) is 23.2. The number of ether oxygens (including phenoxy) is 2. The zero-order valence-electron chi connectivity index (χ0n) is 20.1. The smallest absolute Gasteiger partial charge is 0.341 e. The summed E-state index contributed by atoms with van der Waals surface area (Å²) in [5.41, 5.74) is 1.19. The van der Waals surface area contributed by atoms with Crippen LogP contribution >= 0.6 is 46.3 Å². The average Bonchev–Trinajstić information content (AvgIpc) is 3.35. The number of thiophene rings is 1. The lowest BCUT2D eigenvalue weighted by atomic mass is 10.1. The maximum atomic E-state index is 12.6. The molecule has 3 rings (SSSR count). The Morgan fingerprint density at radius 1 is 1.28 bits per heavy atom. The first kappa shape index (κ1) is 28.0. The van der Waals surface area contributed by atoms with E-state index >= 15 is 0 Å². The summed E-state index contributed by atoms with van der Waals surface area (Å²) in [6, 6.07) is 5.09. The molecule has 1 aromatic carbocycles. The highest BCUT2D eigenvalue weighted by Crippen LogP contribution is 2.33. The average molecular weight is 570 g/mol. The number of esters is 1. The Labute approximate surface area is 228 Å². The summed E-state index contributed by atoms with van der Waals surface area (Å²) < 4.78 is 12.5. The number of halogens is 2. The Kier molecular flexibility index (Phi) is 10.2. The third kappa shape index (κ3) is 7.03. The molecule has 0 saturated carbocycles. The molecule has 192 valence electrons. The quantitative estimate of drug-likeness (QED) is 0.124. The minimum Gasteiger partial charge on any atom is -0.492 e. The van der Waals surface area contributed by atoms with Gasteiger partial charge >= 0.3 is 5.97 Å². The Hall–Kier alpha value is -2.53. The normalized spacial score (nSPS) is 10.8. The van der Waals surface area contributed by atoms with Crippen LogP contribution in [0.5, 0.6) is 5.75 Å². The Bertz CT molecular complexity index is 1260. The number of amides is 1. The molecule has 8 nitrogen and oxygen atoms in total. The fourth-order valence-corrected chi connectivity index (χ4v) is 5.58. The van der Waals surface area contributed by atoms with Gasteiger partial charge < -0.3 is 19.4 Å². The van der Waals surface area contributed by atoms with Crippen LogP contribution in [0.25, 0.3) is 0 Å². The first-order chi connectivity index (χ1) is 17.2. The molecule has 0 radical (unpaired) electrons. The molecular weight excluding hydrogens is 543 g/mol. The third-order valence-electron chi connectivity index (χ3n) is 5.16. The van der Waals surface area contributed by atoms with E-state index in [1.165, 1.54) is 30.2 Å². The highest BCUT2D eigenvalue weighted by molar-refractivity contribution is 7.99. The molecule has 12 heteroatoms. The van der Waals surface area contributed by atoms with Crippen LogP contribution in [0.2, 0.25) is 10.0 Å². The maximum absolute atomic E-state index is 12.6. The van der Waals surface area contributed by atoms with Crippen LogP contribution in [0, 0.1) is 13.8 Å². The molecule has 1 N–H and O–H groups in total. The van der Waals surface area contributed by atoms with E-state index in [9.17, 15) is 9.59 Å². The van der Waals surface area contributed by atoms with Gasteiger partial charge in [-0.1, -0.05) is 41.0 Å². The van der Waals surface area contributed by atoms with Crippen molar-refractivity contribution >= 4 is 63.2 Å². The van der Waals surface area contributed by atoms with E-state index in [1.54, 1.807) is 24.3 Å². The fraction of sp³-hybridized carbons (Fsp3) is 0.333. The molecule has 0 fully saturated rings. The van der Waals surface area contributed by atoms with E-state index in [1.807, 2.05) is 18.4 Å². The Morgan fingerprint density at radius 2 is 2.06 bits per heavy atom. The Morgan fingerprint density at radius 3 is 2.75 bits per heavy atom. The van der Waals surface area contributed by atoms with Crippen molar-refractivity contribution in [3.05, 3.63) is 62.7 Å². The SMILES string of the molecule is C=CCn1c(CCCOc2ccc(Cl)cc2Cl)nnc1SCC(=O)Nc1sc(C)c(C)c1C(=O)OC. The standard InChI is InChI=1S/C24H26Cl2N4O4S2/c1-5-10-30-19(7-6-11-34-18-9-8-16(25)12-17(18)26)28-29-24(30)35-13-20(31)27-22-21(23(32)33-4)14(2)15(3)36-22/h5,8-9,12H,1,6-7,10-11,13H2,2-4H3,(H,27,31). The van der Waals surface area contributed by atoms with Crippen molar-refractivity contribution in [1.29, 1.82) is 0 Å². The number of hydrogen-bond acceptors (Lipinski definition) is 8. The molecule has 0 spiro atoms. The lowest BCUT2D eigenvalue weighted by molar-refractivity contribution is -0.113. The van der Waals surface area contributed by atoms with Crippen LogP contribution in [0.1, 0.15) is 33.0 Å². The van der Waals surface area contributed by atoms with Crippen LogP contribution in [0.4, 0.5) is 5.00 Å². The van der Waals surface area contributed by atoms with Gasteiger partial charge in [-0.2, -0.15) is 0 Å². The molecular formula is C24H26Cl2N4O4S2. The number of rotatable bonds is 12. The predicted octanol–water partition coefficient (Wildman–Crippen LogP) is 5.98. The van der Waals surface area contributed by atoms with Crippen molar-refractivity contribution in [2.24, 2.45) is 0 Å². The van der Waals surface area contributed by atoms with Crippen LogP contribution in [0.15, 0.2) is 36.0 Å². The third-order valence-corrected chi connectivity index (χ3v) is 7.78. The molecule has 0 atom stereocenters. The number of aromatic nitrogens is 3. The van der Waals surface area contributed by atoms with Gasteiger partial charge in [-0.05, 0) is 44.0 Å². The number of nitrogens with zero attached hydrogens (tertiary/aromatic N) is 3. The second kappa shape index (κ2) is 13.1. The van der Waals surface area contributed by atoms with Gasteiger partial charge in [0.1, 0.15) is 16.6 Å². The largest absolute Gasteiger partial charge is 0.492 e. The van der Waals surface area contributed by atoms with Gasteiger partial charge in [-0.15, -0.1) is 28.1 Å². The molecule has 0 aliphatic heterocycles. The summed E-state index contributed by atoms with van der Waals surface area (Å²) in [6.45, 7) is 8.48. The molecule has 1 amide bonds. The van der Waals surface area contributed by atoms with E-state index in [4.69, 9.17) is 32.7 Å². The van der Waals surface area contributed by atoms with Crippen molar-refractivity contribution in [2.75, 3.05) is 24.8 Å². The Balaban J connectivity index is 1.58. The van der Waals surface area contributed by atoms with Crippen LogP contribution in [-0.4, -0.2) is 46.1 Å². The van der Waals surface area contributed by atoms with Crippen LogP contribution < -0.4 is 10.1 Å². The molecule has 0 bridgehead atoms. The number of carbonyl (C=O) groups excluding carboxylic acids is 2. The maximum Gasteiger partial charge on any atom is 0.341 e. The topological polar surface area (TPSA) is 95.3 Å². The minimum absolute atomic E-state index is 0.101. The van der Waals surface area contributed by atoms with Crippen molar-refractivity contribution in [1.82, 2.24) is 14.8 Å². The summed E-state index contributed by atoms with van der Waals surface area (Å²) >= 11 is 14.7. The second-order valence-corrected chi connectivity index (χ2v) is 10.7. The van der Waals surface area contributed by atoms with Gasteiger partial charge in [-0.25, -0.2) is 4.79 Å². The molecule has 0 saturated heterocycles. The van der Waals surface area contributed by atoms with Crippen LogP contribution in [0.3, 0.4) is 0 Å². The molecule has 0 aliphatic carbocycles. The highest BCUT2D eigenvalue weighted by atomic mass is 35.5. The zero-order chi connectivity index (χ0) is 26.2. The van der Waals surface area contributed by atoms with Gasteiger partial charge in [0.05, 0.1) is 30.1 Å². The van der Waals surface area contributed by atoms with E-state index in [0.717, 1.165) is 16.3 Å². The highest BCUT2D eigenvalue weighted by Gasteiger charge is 2.22. The monoisotopic (exact) mass is 568 g/mol. The predicted molar refractivity (Wildman–Crippen MR) is 145 cm³/mol. The van der Waals surface area contributed by atoms with Crippen molar-refractivity contribution in [3.63, 3.8) is 0 Å². The number of benzene rings is 1. The molecule has 3 aromatic rings. The molecule has 2 aromatic heterocycles. The summed E-state index contributed by atoms with van der Waals surface area (Å²) in [6.07, 6.45) is 3.06. The summed E-state index contributed by atoms with van der Waals surface area (Å²) in [4.78, 5) is 25.7. The number of carbonyl (C=O) groups is 2. The lowest BCUT2D eigenvalue weighted by Gasteiger charge is -2.10. The second-order valence-electron chi connectivity index (χ2n) is 7.64. The fourth-order valence-electron chi connectivity index (χ4n) is 3.28. The molecule has 0 unspecified atom stereocenters. The number of anilines is 1. The van der Waals surface area contributed by atoms with Crippen LogP contribution in [-0.2, 0) is 22.5 Å². The van der Waals surface area contributed by atoms with E-state index in [-0.39, 0.29) is 11.7 Å². The number of aryl methyl sites for hydroxylation is 2. The van der Waals surface area contributed by atoms with Crippen molar-refractivity contribution in [2.45, 2.75) is 38.4 Å². The summed E-state index contributed by atoms with van der Waals surface area (Å²) in [5.74, 6) is 0.708. The number of methoxy groups -OCH3 is 1. The first-order valence-corrected chi connectivity index (χ1v) is 13.5. The van der Waals surface area contributed by atoms with Gasteiger partial charge in [-0.3, -0.25) is 4.79 Å². The van der Waals surface area contributed by atoms with Crippen molar-refractivity contribution in [3.8, 4) is 5.75 Å². The van der Waals surface area contributed by atoms with Gasteiger partial charge in [0, 0.05) is 22.9 Å². The van der Waals surface area contributed by atoms with Crippen molar-refractivity contribution < 1.29 is 19.1 Å². The summed E-state index contributed by atoms with van der Waals surface area (Å²) in [5, 5.41) is 13.5. The van der Waals surface area contributed by atoms with E-state index in [0.29, 0.717) is 57.5 Å². The molecule has 0 aliphatic rings. The van der Waals surface area contributed by atoms with Gasteiger partial charge in [0.15, 0.2) is 5.16 Å². The minimum atomic E-state index is -0.475. The number of allylic oxidation sites excluding steroid dienone is 1. The number of hydrogen-bond donors (Lipinski definition) is 1.